The average molecular weight is 247 g/mol. The number of rotatable bonds is 3. The van der Waals surface area contributed by atoms with Crippen LogP contribution in [0.4, 0.5) is 0 Å². The SMILES string of the molecule is Cc1cccc(CN(C)C2CCCCC2C)c1O. The highest BCUT2D eigenvalue weighted by atomic mass is 16.3. The molecule has 1 N–H and O–H groups in total. The largest absolute Gasteiger partial charge is 0.507 e. The van der Waals surface area contributed by atoms with Crippen LogP contribution >= 0.6 is 0 Å². The van der Waals surface area contributed by atoms with Crippen LogP contribution in [-0.2, 0) is 6.54 Å². The summed E-state index contributed by atoms with van der Waals surface area (Å²) >= 11 is 0. The highest BCUT2D eigenvalue weighted by Gasteiger charge is 2.25. The number of hydrogen-bond acceptors (Lipinski definition) is 2. The summed E-state index contributed by atoms with van der Waals surface area (Å²) in [7, 11) is 2.19. The summed E-state index contributed by atoms with van der Waals surface area (Å²) in [5.74, 6) is 1.24. The Kier molecular flexibility index (Phi) is 4.28. The van der Waals surface area contributed by atoms with E-state index < -0.39 is 0 Å². The first kappa shape index (κ1) is 13.4. The van der Waals surface area contributed by atoms with Gasteiger partial charge in [0.25, 0.3) is 0 Å². The summed E-state index contributed by atoms with van der Waals surface area (Å²) in [5.41, 5.74) is 2.02. The van der Waals surface area contributed by atoms with E-state index in [1.807, 2.05) is 25.1 Å². The first-order chi connectivity index (χ1) is 8.59. The molecule has 2 rings (SSSR count). The summed E-state index contributed by atoms with van der Waals surface area (Å²) in [4.78, 5) is 2.42. The van der Waals surface area contributed by atoms with E-state index in [2.05, 4.69) is 18.9 Å². The number of aryl methyl sites for hydroxylation is 1. The lowest BCUT2D eigenvalue weighted by atomic mass is 9.85. The van der Waals surface area contributed by atoms with E-state index in [0.29, 0.717) is 11.8 Å². The van der Waals surface area contributed by atoms with Crippen LogP contribution in [0.5, 0.6) is 5.75 Å². The van der Waals surface area contributed by atoms with Gasteiger partial charge in [-0.25, -0.2) is 0 Å². The maximum absolute atomic E-state index is 10.1. The van der Waals surface area contributed by atoms with Crippen molar-refractivity contribution in [3.8, 4) is 5.75 Å². The van der Waals surface area contributed by atoms with E-state index in [-0.39, 0.29) is 0 Å². The van der Waals surface area contributed by atoms with Crippen LogP contribution in [0.15, 0.2) is 18.2 Å². The molecule has 1 saturated carbocycles. The van der Waals surface area contributed by atoms with Crippen LogP contribution in [-0.4, -0.2) is 23.1 Å². The van der Waals surface area contributed by atoms with Crippen molar-refractivity contribution in [3.05, 3.63) is 29.3 Å². The molecule has 2 heteroatoms. The normalized spacial score (nSPS) is 24.4. The molecular weight excluding hydrogens is 222 g/mol. The minimum atomic E-state index is 0.466. The lowest BCUT2D eigenvalue weighted by molar-refractivity contribution is 0.132. The summed E-state index contributed by atoms with van der Waals surface area (Å²) in [6, 6.07) is 6.69. The van der Waals surface area contributed by atoms with E-state index in [4.69, 9.17) is 0 Å². The number of hydrogen-bond donors (Lipinski definition) is 1. The van der Waals surface area contributed by atoms with Crippen LogP contribution in [0.3, 0.4) is 0 Å². The molecule has 1 aliphatic rings. The molecule has 0 saturated heterocycles. The van der Waals surface area contributed by atoms with E-state index in [1.165, 1.54) is 25.7 Å². The predicted molar refractivity (Wildman–Crippen MR) is 75.7 cm³/mol. The molecule has 2 nitrogen and oxygen atoms in total. The van der Waals surface area contributed by atoms with Gasteiger partial charge in [0.1, 0.15) is 5.75 Å². The maximum atomic E-state index is 10.1. The van der Waals surface area contributed by atoms with Gasteiger partial charge >= 0.3 is 0 Å². The number of para-hydroxylation sites is 1. The Bertz CT molecular complexity index is 402. The summed E-state index contributed by atoms with van der Waals surface area (Å²) in [6.45, 7) is 5.17. The van der Waals surface area contributed by atoms with Crippen LogP contribution < -0.4 is 0 Å². The number of phenols is 1. The van der Waals surface area contributed by atoms with E-state index >= 15 is 0 Å². The van der Waals surface area contributed by atoms with Crippen molar-refractivity contribution in [2.24, 2.45) is 5.92 Å². The average Bonchev–Trinajstić information content (AvgIpc) is 2.35. The van der Waals surface area contributed by atoms with Crippen molar-refractivity contribution in [1.29, 1.82) is 0 Å². The molecule has 1 fully saturated rings. The highest BCUT2D eigenvalue weighted by Crippen LogP contribution is 2.30. The zero-order chi connectivity index (χ0) is 13.1. The molecule has 0 radical (unpaired) electrons. The predicted octanol–water partition coefficient (Wildman–Crippen LogP) is 3.71. The Morgan fingerprint density at radius 2 is 2.00 bits per heavy atom. The first-order valence-corrected chi connectivity index (χ1v) is 7.07. The van der Waals surface area contributed by atoms with Gasteiger partial charge in [0.2, 0.25) is 0 Å². The fraction of sp³-hybridized carbons (Fsp3) is 0.625. The Hall–Kier alpha value is -1.02. The Morgan fingerprint density at radius 3 is 2.72 bits per heavy atom. The third-order valence-electron chi connectivity index (χ3n) is 4.37. The minimum Gasteiger partial charge on any atom is -0.507 e. The molecule has 1 aromatic rings. The fourth-order valence-corrected chi connectivity index (χ4v) is 3.18. The van der Waals surface area contributed by atoms with Gasteiger partial charge < -0.3 is 5.11 Å². The van der Waals surface area contributed by atoms with Crippen LogP contribution in [0, 0.1) is 12.8 Å². The van der Waals surface area contributed by atoms with Crippen molar-refractivity contribution >= 4 is 0 Å². The quantitative estimate of drug-likeness (QED) is 0.880. The highest BCUT2D eigenvalue weighted by molar-refractivity contribution is 5.39. The Morgan fingerprint density at radius 1 is 1.28 bits per heavy atom. The summed E-state index contributed by atoms with van der Waals surface area (Å²) < 4.78 is 0. The zero-order valence-corrected chi connectivity index (χ0v) is 11.8. The molecule has 18 heavy (non-hydrogen) atoms. The fourth-order valence-electron chi connectivity index (χ4n) is 3.18. The molecule has 2 atom stereocenters. The standard InChI is InChI=1S/C16H25NO/c1-12-7-4-5-10-15(12)17(3)11-14-9-6-8-13(2)16(14)18/h6,8-9,12,15,18H,4-5,7,10-11H2,1-3H3. The van der Waals surface area contributed by atoms with Crippen LogP contribution in [0.2, 0.25) is 0 Å². The molecular formula is C16H25NO. The van der Waals surface area contributed by atoms with Crippen LogP contribution in [0.1, 0.15) is 43.7 Å². The second kappa shape index (κ2) is 5.75. The van der Waals surface area contributed by atoms with Crippen LogP contribution in [0.25, 0.3) is 0 Å². The third-order valence-corrected chi connectivity index (χ3v) is 4.37. The number of aromatic hydroxyl groups is 1. The van der Waals surface area contributed by atoms with Gasteiger partial charge in [-0.05, 0) is 38.3 Å². The molecule has 0 amide bonds. The van der Waals surface area contributed by atoms with Crippen molar-refractivity contribution in [1.82, 2.24) is 4.90 Å². The van der Waals surface area contributed by atoms with Crippen molar-refractivity contribution < 1.29 is 5.11 Å². The van der Waals surface area contributed by atoms with Crippen molar-refractivity contribution in [2.75, 3.05) is 7.05 Å². The molecule has 0 bridgehead atoms. The van der Waals surface area contributed by atoms with Gasteiger partial charge in [-0.1, -0.05) is 38.0 Å². The van der Waals surface area contributed by atoms with Gasteiger partial charge in [-0.3, -0.25) is 4.90 Å². The summed E-state index contributed by atoms with van der Waals surface area (Å²) in [6.07, 6.45) is 5.36. The van der Waals surface area contributed by atoms with Crippen molar-refractivity contribution in [3.63, 3.8) is 0 Å². The topological polar surface area (TPSA) is 23.5 Å². The second-order valence-corrected chi connectivity index (χ2v) is 5.83. The first-order valence-electron chi connectivity index (χ1n) is 7.07. The lowest BCUT2D eigenvalue weighted by Gasteiger charge is -2.36. The van der Waals surface area contributed by atoms with E-state index in [9.17, 15) is 5.11 Å². The van der Waals surface area contributed by atoms with Gasteiger partial charge in [-0.15, -0.1) is 0 Å². The second-order valence-electron chi connectivity index (χ2n) is 5.83. The van der Waals surface area contributed by atoms with E-state index in [0.717, 1.165) is 23.6 Å². The zero-order valence-electron chi connectivity index (χ0n) is 11.8. The number of benzene rings is 1. The van der Waals surface area contributed by atoms with E-state index in [1.54, 1.807) is 0 Å². The number of nitrogens with zero attached hydrogens (tertiary/aromatic N) is 1. The van der Waals surface area contributed by atoms with Gasteiger partial charge in [0.15, 0.2) is 0 Å². The Labute approximate surface area is 111 Å². The molecule has 0 spiro atoms. The summed E-state index contributed by atoms with van der Waals surface area (Å²) in [5, 5.41) is 10.1. The Balaban J connectivity index is 2.06. The number of phenolic OH excluding ortho intramolecular Hbond substituents is 1. The van der Waals surface area contributed by atoms with Gasteiger partial charge in [0.05, 0.1) is 0 Å². The molecule has 0 aromatic heterocycles. The maximum Gasteiger partial charge on any atom is 0.122 e. The molecule has 0 aliphatic heterocycles. The van der Waals surface area contributed by atoms with Gasteiger partial charge in [0, 0.05) is 18.2 Å². The molecule has 100 valence electrons. The monoisotopic (exact) mass is 247 g/mol. The molecule has 0 heterocycles. The molecule has 1 aromatic carbocycles. The lowest BCUT2D eigenvalue weighted by Crippen LogP contribution is -2.38. The van der Waals surface area contributed by atoms with Crippen molar-refractivity contribution in [2.45, 2.75) is 52.1 Å². The minimum absolute atomic E-state index is 0.466. The molecule has 1 aliphatic carbocycles. The smallest absolute Gasteiger partial charge is 0.122 e. The van der Waals surface area contributed by atoms with Gasteiger partial charge in [-0.2, -0.15) is 0 Å². The molecule has 2 unspecified atom stereocenters. The third kappa shape index (κ3) is 2.86.